The highest BCUT2D eigenvalue weighted by molar-refractivity contribution is 6.09. The molecule has 18 heavy (non-hydrogen) atoms. The Balaban J connectivity index is 2.67. The lowest BCUT2D eigenvalue weighted by Crippen LogP contribution is -1.98. The minimum atomic E-state index is -0.704. The van der Waals surface area contributed by atoms with Crippen molar-refractivity contribution in [3.8, 4) is 17.2 Å². The minimum absolute atomic E-state index is 0.0223. The molecule has 0 saturated heterocycles. The van der Waals surface area contributed by atoms with Crippen LogP contribution in [0.15, 0.2) is 25.8 Å². The molecule has 0 spiro atoms. The van der Waals surface area contributed by atoms with Crippen LogP contribution in [0.5, 0.6) is 17.2 Å². The largest absolute Gasteiger partial charge is 0.504 e. The number of rotatable bonds is 0. The summed E-state index contributed by atoms with van der Waals surface area (Å²) in [5, 5.41) is 28.7. The molecule has 3 rings (SSSR count). The fraction of sp³-hybridized carbons (Fsp3) is 0.0833. The molecule has 6 heteroatoms. The van der Waals surface area contributed by atoms with Gasteiger partial charge >= 0.3 is 5.63 Å². The third-order valence-electron chi connectivity index (χ3n) is 2.73. The highest BCUT2D eigenvalue weighted by atomic mass is 16.4. The Kier molecular flexibility index (Phi) is 1.87. The lowest BCUT2D eigenvalue weighted by molar-refractivity contribution is 0.371. The Morgan fingerprint density at radius 3 is 2.33 bits per heavy atom. The van der Waals surface area contributed by atoms with Gasteiger partial charge in [-0.15, -0.1) is 0 Å². The second-order valence-electron chi connectivity index (χ2n) is 3.95. The van der Waals surface area contributed by atoms with Crippen molar-refractivity contribution >= 4 is 21.9 Å². The van der Waals surface area contributed by atoms with Crippen LogP contribution >= 0.6 is 0 Å². The predicted molar refractivity (Wildman–Crippen MR) is 62.0 cm³/mol. The molecule has 0 atom stereocenters. The van der Waals surface area contributed by atoms with Gasteiger partial charge in [0.15, 0.2) is 11.5 Å². The topological polar surface area (TPSA) is 104 Å². The Bertz CT molecular complexity index is 839. The van der Waals surface area contributed by atoms with Gasteiger partial charge in [0.2, 0.25) is 5.75 Å². The SMILES string of the molecule is Cc1cc2oc3cc(O)c(O)c(O)c3c2c(=O)o1. The molecule has 0 radical (unpaired) electrons. The number of aromatic hydroxyl groups is 3. The van der Waals surface area contributed by atoms with Crippen LogP contribution in [0.1, 0.15) is 5.76 Å². The van der Waals surface area contributed by atoms with Gasteiger partial charge in [-0.05, 0) is 6.92 Å². The second-order valence-corrected chi connectivity index (χ2v) is 3.95. The predicted octanol–water partition coefficient (Wildman–Crippen LogP) is 1.96. The number of benzene rings is 1. The number of aryl methyl sites for hydroxylation is 1. The highest BCUT2D eigenvalue weighted by Crippen LogP contribution is 2.44. The summed E-state index contributed by atoms with van der Waals surface area (Å²) in [4.78, 5) is 11.7. The Hall–Kier alpha value is -2.63. The molecular formula is C12H8O6. The van der Waals surface area contributed by atoms with Crippen LogP contribution in [0.3, 0.4) is 0 Å². The van der Waals surface area contributed by atoms with E-state index in [-0.39, 0.29) is 21.9 Å². The molecule has 0 aliphatic heterocycles. The van der Waals surface area contributed by atoms with Crippen LogP contribution in [-0.2, 0) is 0 Å². The zero-order valence-corrected chi connectivity index (χ0v) is 9.22. The fourth-order valence-electron chi connectivity index (χ4n) is 1.95. The number of furan rings is 1. The van der Waals surface area contributed by atoms with Crippen molar-refractivity contribution in [2.75, 3.05) is 0 Å². The maximum atomic E-state index is 11.7. The zero-order chi connectivity index (χ0) is 13.0. The van der Waals surface area contributed by atoms with Crippen LogP contribution in [0, 0.1) is 6.92 Å². The molecule has 0 unspecified atom stereocenters. The number of phenolic OH excluding ortho intramolecular Hbond substituents is 3. The van der Waals surface area contributed by atoms with E-state index in [2.05, 4.69) is 0 Å². The first-order valence-corrected chi connectivity index (χ1v) is 5.10. The third kappa shape index (κ3) is 1.20. The van der Waals surface area contributed by atoms with Gasteiger partial charge in [0.25, 0.3) is 0 Å². The molecule has 92 valence electrons. The summed E-state index contributed by atoms with van der Waals surface area (Å²) in [5.74, 6) is -1.48. The van der Waals surface area contributed by atoms with E-state index in [1.165, 1.54) is 6.07 Å². The maximum Gasteiger partial charge on any atom is 0.347 e. The first-order valence-electron chi connectivity index (χ1n) is 5.10. The first kappa shape index (κ1) is 10.5. The van der Waals surface area contributed by atoms with E-state index in [4.69, 9.17) is 8.83 Å². The van der Waals surface area contributed by atoms with E-state index in [9.17, 15) is 20.1 Å². The van der Waals surface area contributed by atoms with Crippen LogP contribution in [-0.4, -0.2) is 15.3 Å². The molecule has 0 bridgehead atoms. The van der Waals surface area contributed by atoms with Crippen molar-refractivity contribution in [2.24, 2.45) is 0 Å². The van der Waals surface area contributed by atoms with Crippen molar-refractivity contribution in [2.45, 2.75) is 6.92 Å². The van der Waals surface area contributed by atoms with Gasteiger partial charge in [-0.2, -0.15) is 0 Å². The van der Waals surface area contributed by atoms with E-state index >= 15 is 0 Å². The van der Waals surface area contributed by atoms with Crippen molar-refractivity contribution in [1.82, 2.24) is 0 Å². The summed E-state index contributed by atoms with van der Waals surface area (Å²) in [6.45, 7) is 1.59. The monoisotopic (exact) mass is 248 g/mol. The zero-order valence-electron chi connectivity index (χ0n) is 9.22. The number of hydrogen-bond acceptors (Lipinski definition) is 6. The van der Waals surface area contributed by atoms with E-state index in [0.29, 0.717) is 5.76 Å². The molecule has 2 aromatic heterocycles. The molecule has 2 heterocycles. The maximum absolute atomic E-state index is 11.7. The van der Waals surface area contributed by atoms with Gasteiger partial charge in [0.1, 0.15) is 22.3 Å². The Morgan fingerprint density at radius 1 is 0.944 bits per heavy atom. The molecule has 0 aliphatic carbocycles. The van der Waals surface area contributed by atoms with Crippen LogP contribution in [0.25, 0.3) is 21.9 Å². The van der Waals surface area contributed by atoms with Gasteiger partial charge in [0, 0.05) is 12.1 Å². The number of phenols is 3. The Morgan fingerprint density at radius 2 is 1.61 bits per heavy atom. The lowest BCUT2D eigenvalue weighted by atomic mass is 10.1. The van der Waals surface area contributed by atoms with Crippen molar-refractivity contribution < 1.29 is 24.2 Å². The number of hydrogen-bond donors (Lipinski definition) is 3. The van der Waals surface area contributed by atoms with E-state index in [1.807, 2.05) is 0 Å². The van der Waals surface area contributed by atoms with Crippen molar-refractivity contribution in [1.29, 1.82) is 0 Å². The summed E-state index contributed by atoms with van der Waals surface area (Å²) in [6.07, 6.45) is 0. The molecule has 1 aromatic carbocycles. The summed E-state index contributed by atoms with van der Waals surface area (Å²) in [7, 11) is 0. The minimum Gasteiger partial charge on any atom is -0.504 e. The average molecular weight is 248 g/mol. The van der Waals surface area contributed by atoms with Crippen molar-refractivity contribution in [3.63, 3.8) is 0 Å². The van der Waals surface area contributed by atoms with E-state index in [1.54, 1.807) is 6.92 Å². The first-order chi connectivity index (χ1) is 8.49. The number of fused-ring (bicyclic) bond motifs is 3. The van der Waals surface area contributed by atoms with Gasteiger partial charge in [-0.3, -0.25) is 0 Å². The Labute approximate surface area is 99.3 Å². The quantitative estimate of drug-likeness (QED) is 0.525. The lowest BCUT2D eigenvalue weighted by Gasteiger charge is -2.00. The van der Waals surface area contributed by atoms with Gasteiger partial charge in [0.05, 0.1) is 5.39 Å². The second kappa shape index (κ2) is 3.19. The molecule has 0 amide bonds. The molecule has 0 saturated carbocycles. The molecule has 0 aliphatic rings. The third-order valence-corrected chi connectivity index (χ3v) is 2.73. The molecule has 6 nitrogen and oxygen atoms in total. The molecular weight excluding hydrogens is 240 g/mol. The van der Waals surface area contributed by atoms with Gasteiger partial charge < -0.3 is 24.2 Å². The smallest absolute Gasteiger partial charge is 0.347 e. The summed E-state index contributed by atoms with van der Waals surface area (Å²) in [5.41, 5.74) is -0.362. The van der Waals surface area contributed by atoms with Crippen LogP contribution in [0.4, 0.5) is 0 Å². The van der Waals surface area contributed by atoms with E-state index in [0.717, 1.165) is 6.07 Å². The molecule has 3 N–H and O–H groups in total. The standard InChI is InChI=1S/C12H8O6/c1-4-2-6-9(12(16)17-4)8-7(18-6)3-5(13)10(14)11(8)15/h2-3,13-15H,1H3. The van der Waals surface area contributed by atoms with Crippen LogP contribution in [0.2, 0.25) is 0 Å². The van der Waals surface area contributed by atoms with E-state index < -0.39 is 22.9 Å². The van der Waals surface area contributed by atoms with Gasteiger partial charge in [-0.1, -0.05) is 0 Å². The van der Waals surface area contributed by atoms with Gasteiger partial charge in [-0.25, -0.2) is 4.79 Å². The summed E-state index contributed by atoms with van der Waals surface area (Å²) in [6, 6.07) is 2.61. The molecule has 0 fully saturated rings. The fourth-order valence-corrected chi connectivity index (χ4v) is 1.95. The van der Waals surface area contributed by atoms with Crippen LogP contribution < -0.4 is 5.63 Å². The van der Waals surface area contributed by atoms with Crippen molar-refractivity contribution in [3.05, 3.63) is 28.3 Å². The highest BCUT2D eigenvalue weighted by Gasteiger charge is 2.20. The summed E-state index contributed by atoms with van der Waals surface area (Å²) < 4.78 is 10.3. The summed E-state index contributed by atoms with van der Waals surface area (Å²) >= 11 is 0. The average Bonchev–Trinajstić information content (AvgIpc) is 2.64. The normalized spacial score (nSPS) is 11.4. The molecule has 3 aromatic rings.